The number of hydrogen-bond acceptors (Lipinski definition) is 3. The summed E-state index contributed by atoms with van der Waals surface area (Å²) in [5.41, 5.74) is 1.24. The Hall–Kier alpha value is -0.220. The van der Waals surface area contributed by atoms with Gasteiger partial charge in [0.05, 0.1) is 6.10 Å². The lowest BCUT2D eigenvalue weighted by Gasteiger charge is -2.11. The molecule has 1 unspecified atom stereocenters. The van der Waals surface area contributed by atoms with Crippen molar-refractivity contribution in [1.29, 1.82) is 0 Å². The van der Waals surface area contributed by atoms with E-state index in [0.717, 1.165) is 29.5 Å². The van der Waals surface area contributed by atoms with Crippen LogP contribution in [0.2, 0.25) is 5.02 Å². The van der Waals surface area contributed by atoms with E-state index in [1.165, 1.54) is 5.56 Å². The predicted molar refractivity (Wildman–Crippen MR) is 76.8 cm³/mol. The van der Waals surface area contributed by atoms with Crippen molar-refractivity contribution in [2.45, 2.75) is 25.2 Å². The molecule has 0 aliphatic heterocycles. The first-order valence-electron chi connectivity index (χ1n) is 5.93. The van der Waals surface area contributed by atoms with Crippen LogP contribution in [-0.4, -0.2) is 30.1 Å². The van der Waals surface area contributed by atoms with Gasteiger partial charge in [0.25, 0.3) is 0 Å². The molecule has 1 aromatic rings. The van der Waals surface area contributed by atoms with Crippen molar-refractivity contribution in [1.82, 2.24) is 5.32 Å². The third-order valence-corrected chi connectivity index (χ3v) is 3.71. The van der Waals surface area contributed by atoms with Gasteiger partial charge in [-0.05, 0) is 30.7 Å². The number of hydrogen-bond donors (Lipinski definition) is 2. The number of aliphatic hydroxyl groups is 1. The molecule has 17 heavy (non-hydrogen) atoms. The predicted octanol–water partition coefficient (Wildman–Crippen LogP) is 2.93. The highest BCUT2D eigenvalue weighted by molar-refractivity contribution is 7.98. The molecule has 0 saturated heterocycles. The highest BCUT2D eigenvalue weighted by atomic mass is 35.5. The lowest BCUT2D eigenvalue weighted by molar-refractivity contribution is 0.196. The summed E-state index contributed by atoms with van der Waals surface area (Å²) in [5.74, 6) is 1.68. The Balaban J connectivity index is 2.12. The second-order valence-corrected chi connectivity index (χ2v) is 5.47. The van der Waals surface area contributed by atoms with Crippen molar-refractivity contribution in [3.8, 4) is 0 Å². The van der Waals surface area contributed by atoms with Crippen LogP contribution in [0.5, 0.6) is 0 Å². The maximum absolute atomic E-state index is 9.69. The number of aliphatic hydroxyl groups excluding tert-OH is 1. The van der Waals surface area contributed by atoms with Crippen LogP contribution in [0.3, 0.4) is 0 Å². The van der Waals surface area contributed by atoms with Gasteiger partial charge < -0.3 is 10.4 Å². The maximum Gasteiger partial charge on any atom is 0.0754 e. The van der Waals surface area contributed by atoms with Gasteiger partial charge in [0, 0.05) is 23.1 Å². The first kappa shape index (κ1) is 14.8. The monoisotopic (exact) mass is 273 g/mol. The second-order valence-electron chi connectivity index (χ2n) is 4.00. The molecule has 4 heteroatoms. The average molecular weight is 274 g/mol. The third-order valence-electron chi connectivity index (χ3n) is 2.30. The normalized spacial score (nSPS) is 12.6. The molecule has 0 amide bonds. The van der Waals surface area contributed by atoms with Gasteiger partial charge in [-0.1, -0.05) is 30.7 Å². The van der Waals surface area contributed by atoms with Gasteiger partial charge in [0.15, 0.2) is 0 Å². The van der Waals surface area contributed by atoms with E-state index in [0.29, 0.717) is 6.54 Å². The fourth-order valence-corrected chi connectivity index (χ4v) is 2.46. The summed E-state index contributed by atoms with van der Waals surface area (Å²) in [6.45, 7) is 3.77. The van der Waals surface area contributed by atoms with E-state index < -0.39 is 0 Å². The zero-order chi connectivity index (χ0) is 12.5. The van der Waals surface area contributed by atoms with Crippen molar-refractivity contribution in [3.05, 3.63) is 34.9 Å². The van der Waals surface area contributed by atoms with E-state index in [2.05, 4.69) is 12.2 Å². The van der Waals surface area contributed by atoms with Crippen molar-refractivity contribution >= 4 is 23.4 Å². The van der Waals surface area contributed by atoms with Gasteiger partial charge in [-0.25, -0.2) is 0 Å². The molecular weight excluding hydrogens is 254 g/mol. The SMILES string of the molecule is CCCNCC(O)CSCc1ccc(Cl)cc1. The summed E-state index contributed by atoms with van der Waals surface area (Å²) in [7, 11) is 0. The van der Waals surface area contributed by atoms with E-state index in [1.807, 2.05) is 24.3 Å². The zero-order valence-electron chi connectivity index (χ0n) is 10.2. The molecule has 0 bridgehead atoms. The van der Waals surface area contributed by atoms with Crippen LogP contribution in [0.15, 0.2) is 24.3 Å². The van der Waals surface area contributed by atoms with Crippen LogP contribution in [0.4, 0.5) is 0 Å². The largest absolute Gasteiger partial charge is 0.391 e. The van der Waals surface area contributed by atoms with Crippen LogP contribution in [-0.2, 0) is 5.75 Å². The van der Waals surface area contributed by atoms with Gasteiger partial charge >= 0.3 is 0 Å². The van der Waals surface area contributed by atoms with Gasteiger partial charge in [-0.3, -0.25) is 0 Å². The second kappa shape index (κ2) is 8.81. The van der Waals surface area contributed by atoms with E-state index in [9.17, 15) is 5.11 Å². The molecule has 0 fully saturated rings. The van der Waals surface area contributed by atoms with E-state index in [4.69, 9.17) is 11.6 Å². The lowest BCUT2D eigenvalue weighted by atomic mass is 10.2. The number of halogens is 1. The summed E-state index contributed by atoms with van der Waals surface area (Å²) in [6, 6.07) is 7.85. The molecule has 0 aliphatic carbocycles. The number of rotatable bonds is 8. The Labute approximate surface area is 113 Å². The summed E-state index contributed by atoms with van der Waals surface area (Å²) in [4.78, 5) is 0. The summed E-state index contributed by atoms with van der Waals surface area (Å²) < 4.78 is 0. The van der Waals surface area contributed by atoms with Gasteiger partial charge in [0.2, 0.25) is 0 Å². The van der Waals surface area contributed by atoms with Crippen LogP contribution >= 0.6 is 23.4 Å². The van der Waals surface area contributed by atoms with Crippen LogP contribution in [0, 0.1) is 0 Å². The number of nitrogens with one attached hydrogen (secondary N) is 1. The summed E-state index contributed by atoms with van der Waals surface area (Å²) >= 11 is 7.56. The molecule has 0 spiro atoms. The van der Waals surface area contributed by atoms with Gasteiger partial charge in [-0.15, -0.1) is 0 Å². The molecule has 96 valence electrons. The third kappa shape index (κ3) is 6.94. The standard InChI is InChI=1S/C13H20ClNOS/c1-2-7-15-8-13(16)10-17-9-11-3-5-12(14)6-4-11/h3-6,13,15-16H,2,7-10H2,1H3. The minimum atomic E-state index is -0.265. The minimum Gasteiger partial charge on any atom is -0.391 e. The molecule has 0 heterocycles. The highest BCUT2D eigenvalue weighted by Crippen LogP contribution is 2.15. The lowest BCUT2D eigenvalue weighted by Crippen LogP contribution is -2.28. The first-order chi connectivity index (χ1) is 8.22. The molecule has 2 N–H and O–H groups in total. The molecule has 2 nitrogen and oxygen atoms in total. The summed E-state index contributed by atoms with van der Waals surface area (Å²) in [6.07, 6.45) is 0.837. The molecule has 0 saturated carbocycles. The number of benzene rings is 1. The Morgan fingerprint density at radius 3 is 2.71 bits per heavy atom. The van der Waals surface area contributed by atoms with Gasteiger partial charge in [-0.2, -0.15) is 11.8 Å². The Morgan fingerprint density at radius 2 is 2.06 bits per heavy atom. The smallest absolute Gasteiger partial charge is 0.0754 e. The number of thioether (sulfide) groups is 1. The van der Waals surface area contributed by atoms with Crippen LogP contribution in [0.1, 0.15) is 18.9 Å². The zero-order valence-corrected chi connectivity index (χ0v) is 11.7. The van der Waals surface area contributed by atoms with E-state index in [-0.39, 0.29) is 6.10 Å². The highest BCUT2D eigenvalue weighted by Gasteiger charge is 2.03. The first-order valence-corrected chi connectivity index (χ1v) is 7.46. The van der Waals surface area contributed by atoms with Crippen LogP contribution in [0.25, 0.3) is 0 Å². The van der Waals surface area contributed by atoms with Crippen LogP contribution < -0.4 is 5.32 Å². The molecule has 1 atom stereocenters. The fraction of sp³-hybridized carbons (Fsp3) is 0.538. The summed E-state index contributed by atoms with van der Waals surface area (Å²) in [5, 5.41) is 13.7. The Bertz CT molecular complexity index is 305. The van der Waals surface area contributed by atoms with E-state index >= 15 is 0 Å². The topological polar surface area (TPSA) is 32.3 Å². The Kier molecular flexibility index (Phi) is 7.69. The molecular formula is C13H20ClNOS. The Morgan fingerprint density at radius 1 is 1.35 bits per heavy atom. The minimum absolute atomic E-state index is 0.265. The molecule has 0 aromatic heterocycles. The molecule has 0 aliphatic rings. The van der Waals surface area contributed by atoms with Crippen molar-refractivity contribution in [2.75, 3.05) is 18.8 Å². The molecule has 0 radical (unpaired) electrons. The van der Waals surface area contributed by atoms with Crippen molar-refractivity contribution in [3.63, 3.8) is 0 Å². The maximum atomic E-state index is 9.69. The molecule has 1 rings (SSSR count). The molecule has 1 aromatic carbocycles. The van der Waals surface area contributed by atoms with E-state index in [1.54, 1.807) is 11.8 Å². The quantitative estimate of drug-likeness (QED) is 0.715. The fourth-order valence-electron chi connectivity index (χ4n) is 1.40. The average Bonchev–Trinajstić information content (AvgIpc) is 2.32. The van der Waals surface area contributed by atoms with Crippen molar-refractivity contribution in [2.24, 2.45) is 0 Å². The van der Waals surface area contributed by atoms with Gasteiger partial charge in [0.1, 0.15) is 0 Å². The van der Waals surface area contributed by atoms with Crippen molar-refractivity contribution < 1.29 is 5.11 Å².